The molecule has 1 amide bonds. The highest BCUT2D eigenvalue weighted by molar-refractivity contribution is 9.10. The molecule has 0 aliphatic heterocycles. The minimum absolute atomic E-state index is 0.194. The van der Waals surface area contributed by atoms with Gasteiger partial charge in [0, 0.05) is 21.1 Å². The van der Waals surface area contributed by atoms with Crippen molar-refractivity contribution in [3.05, 3.63) is 38.8 Å². The molecule has 20 heavy (non-hydrogen) atoms. The molecule has 0 bridgehead atoms. The van der Waals surface area contributed by atoms with Crippen molar-refractivity contribution >= 4 is 44.0 Å². The van der Waals surface area contributed by atoms with E-state index in [4.69, 9.17) is 5.73 Å². The maximum absolute atomic E-state index is 12.3. The number of hydrogen-bond donors (Lipinski definition) is 2. The van der Waals surface area contributed by atoms with Crippen LogP contribution in [0, 0.1) is 6.92 Å². The van der Waals surface area contributed by atoms with Crippen LogP contribution in [0.1, 0.15) is 41.4 Å². The van der Waals surface area contributed by atoms with Crippen molar-refractivity contribution in [1.82, 2.24) is 4.98 Å². The van der Waals surface area contributed by atoms with Gasteiger partial charge >= 0.3 is 0 Å². The Hall–Kier alpha value is -1.40. The zero-order chi connectivity index (χ0) is 14.9. The average molecular weight is 354 g/mol. The third kappa shape index (κ3) is 3.19. The number of thiazole rings is 1. The monoisotopic (exact) mass is 353 g/mol. The largest absolute Gasteiger partial charge is 0.398 e. The lowest BCUT2D eigenvalue weighted by molar-refractivity contribution is 0.102. The molecular weight excluding hydrogens is 338 g/mol. The molecule has 2 aromatic rings. The van der Waals surface area contributed by atoms with E-state index in [1.54, 1.807) is 12.1 Å². The van der Waals surface area contributed by atoms with Gasteiger partial charge in [-0.2, -0.15) is 0 Å². The first-order valence-electron chi connectivity index (χ1n) is 6.21. The molecule has 1 aromatic carbocycles. The normalized spacial score (nSPS) is 10.8. The van der Waals surface area contributed by atoms with E-state index in [1.165, 1.54) is 11.3 Å². The van der Waals surface area contributed by atoms with Gasteiger partial charge in [-0.25, -0.2) is 4.98 Å². The number of nitrogens with two attached hydrogens (primary N) is 1. The summed E-state index contributed by atoms with van der Waals surface area (Å²) in [6.45, 7) is 5.97. The van der Waals surface area contributed by atoms with Gasteiger partial charge in [-0.05, 0) is 30.5 Å². The lowest BCUT2D eigenvalue weighted by Gasteiger charge is -2.09. The Bertz CT molecular complexity index is 652. The van der Waals surface area contributed by atoms with E-state index >= 15 is 0 Å². The van der Waals surface area contributed by atoms with E-state index in [-0.39, 0.29) is 5.91 Å². The fourth-order valence-electron chi connectivity index (χ4n) is 1.71. The van der Waals surface area contributed by atoms with Gasteiger partial charge in [-0.15, -0.1) is 11.3 Å². The van der Waals surface area contributed by atoms with Gasteiger partial charge in [0.2, 0.25) is 0 Å². The van der Waals surface area contributed by atoms with E-state index in [0.717, 1.165) is 15.7 Å². The number of rotatable bonds is 3. The van der Waals surface area contributed by atoms with Crippen LogP contribution in [0.15, 0.2) is 22.0 Å². The van der Waals surface area contributed by atoms with E-state index in [9.17, 15) is 4.79 Å². The topological polar surface area (TPSA) is 68.0 Å². The van der Waals surface area contributed by atoms with Gasteiger partial charge in [0.1, 0.15) is 0 Å². The molecule has 1 heterocycles. The van der Waals surface area contributed by atoms with Crippen molar-refractivity contribution < 1.29 is 4.79 Å². The number of carbonyl (C=O) groups is 1. The predicted octanol–water partition coefficient (Wildman–Crippen LogP) is 4.17. The first kappa shape index (κ1) is 15.0. The zero-order valence-corrected chi connectivity index (χ0v) is 13.9. The Balaban J connectivity index is 2.23. The lowest BCUT2D eigenvalue weighted by Crippen LogP contribution is -2.14. The van der Waals surface area contributed by atoms with Gasteiger partial charge in [-0.1, -0.05) is 29.8 Å². The summed E-state index contributed by atoms with van der Waals surface area (Å²) in [5.41, 5.74) is 8.77. The van der Waals surface area contributed by atoms with Crippen molar-refractivity contribution in [1.29, 1.82) is 0 Å². The van der Waals surface area contributed by atoms with E-state index in [2.05, 4.69) is 40.1 Å². The van der Waals surface area contributed by atoms with Gasteiger partial charge in [0.15, 0.2) is 5.13 Å². The van der Waals surface area contributed by atoms with Gasteiger partial charge in [-0.3, -0.25) is 10.1 Å². The van der Waals surface area contributed by atoms with Crippen LogP contribution >= 0.6 is 27.3 Å². The summed E-state index contributed by atoms with van der Waals surface area (Å²) in [5, 5.41) is 5.39. The molecule has 106 valence electrons. The molecule has 2 rings (SSSR count). The molecule has 1 aromatic heterocycles. The summed E-state index contributed by atoms with van der Waals surface area (Å²) >= 11 is 4.78. The van der Waals surface area contributed by atoms with Gasteiger partial charge in [0.25, 0.3) is 5.91 Å². The Morgan fingerprint density at radius 1 is 1.45 bits per heavy atom. The zero-order valence-electron chi connectivity index (χ0n) is 11.5. The number of carbonyl (C=O) groups excluding carboxylic acids is 1. The third-order valence-electron chi connectivity index (χ3n) is 2.99. The molecule has 0 spiro atoms. The van der Waals surface area contributed by atoms with Crippen LogP contribution in [0.2, 0.25) is 0 Å². The number of nitrogens with zero attached hydrogens (tertiary/aromatic N) is 1. The summed E-state index contributed by atoms with van der Waals surface area (Å²) in [4.78, 5) is 16.7. The molecule has 3 N–H and O–H groups in total. The first-order chi connectivity index (χ1) is 9.38. The van der Waals surface area contributed by atoms with Crippen molar-refractivity contribution in [2.45, 2.75) is 26.7 Å². The van der Waals surface area contributed by atoms with E-state index in [1.807, 2.05) is 12.3 Å². The van der Waals surface area contributed by atoms with Gasteiger partial charge in [0.05, 0.1) is 5.69 Å². The minimum Gasteiger partial charge on any atom is -0.398 e. The highest BCUT2D eigenvalue weighted by Crippen LogP contribution is 2.25. The average Bonchev–Trinajstić information content (AvgIpc) is 2.82. The number of amides is 1. The number of benzene rings is 1. The summed E-state index contributed by atoms with van der Waals surface area (Å²) in [6, 6.07) is 3.55. The molecule has 0 saturated heterocycles. The first-order valence-corrected chi connectivity index (χ1v) is 7.88. The van der Waals surface area contributed by atoms with Crippen molar-refractivity contribution in [2.75, 3.05) is 11.1 Å². The SMILES string of the molecule is Cc1c(N)cc(Br)cc1C(=O)Nc1nc(C(C)C)cs1. The van der Waals surface area contributed by atoms with Crippen LogP contribution in [0.3, 0.4) is 0 Å². The summed E-state index contributed by atoms with van der Waals surface area (Å²) in [6.07, 6.45) is 0. The number of nitrogens with one attached hydrogen (secondary N) is 1. The molecule has 4 nitrogen and oxygen atoms in total. The Morgan fingerprint density at radius 2 is 2.15 bits per heavy atom. The molecule has 0 fully saturated rings. The van der Waals surface area contributed by atoms with Crippen molar-refractivity contribution in [2.24, 2.45) is 0 Å². The van der Waals surface area contributed by atoms with Crippen molar-refractivity contribution in [3.63, 3.8) is 0 Å². The number of halogens is 1. The Labute approximate surface area is 130 Å². The smallest absolute Gasteiger partial charge is 0.257 e. The third-order valence-corrected chi connectivity index (χ3v) is 4.22. The summed E-state index contributed by atoms with van der Waals surface area (Å²) < 4.78 is 0.785. The summed E-state index contributed by atoms with van der Waals surface area (Å²) in [7, 11) is 0. The van der Waals surface area contributed by atoms with Gasteiger partial charge < -0.3 is 5.73 Å². The highest BCUT2D eigenvalue weighted by atomic mass is 79.9. The fourth-order valence-corrected chi connectivity index (χ4v) is 3.05. The van der Waals surface area contributed by atoms with Crippen LogP contribution in [-0.4, -0.2) is 10.9 Å². The van der Waals surface area contributed by atoms with E-state index < -0.39 is 0 Å². The standard InChI is InChI=1S/C14H16BrN3OS/c1-7(2)12-6-20-14(17-12)18-13(19)10-4-9(15)5-11(16)8(10)3/h4-7H,16H2,1-3H3,(H,17,18,19). The number of nitrogen functional groups attached to an aromatic ring is 1. The molecule has 0 atom stereocenters. The van der Waals surface area contributed by atoms with Crippen LogP contribution in [0.25, 0.3) is 0 Å². The minimum atomic E-state index is -0.194. The molecule has 0 radical (unpaired) electrons. The molecule has 0 saturated carbocycles. The van der Waals surface area contributed by atoms with Crippen LogP contribution in [-0.2, 0) is 0 Å². The molecule has 0 aliphatic rings. The number of aromatic nitrogens is 1. The maximum atomic E-state index is 12.3. The molecule has 0 aliphatic carbocycles. The highest BCUT2D eigenvalue weighted by Gasteiger charge is 2.14. The molecule has 6 heteroatoms. The van der Waals surface area contributed by atoms with Crippen molar-refractivity contribution in [3.8, 4) is 0 Å². The van der Waals surface area contributed by atoms with E-state index in [0.29, 0.717) is 22.3 Å². The number of anilines is 2. The second kappa shape index (κ2) is 5.93. The second-order valence-electron chi connectivity index (χ2n) is 4.85. The molecule has 0 unspecified atom stereocenters. The van der Waals surface area contributed by atoms with Crippen LogP contribution in [0.4, 0.5) is 10.8 Å². The second-order valence-corrected chi connectivity index (χ2v) is 6.63. The lowest BCUT2D eigenvalue weighted by atomic mass is 10.1. The summed E-state index contributed by atoms with van der Waals surface area (Å²) in [5.74, 6) is 0.153. The predicted molar refractivity (Wildman–Crippen MR) is 87.4 cm³/mol. The van der Waals surface area contributed by atoms with Crippen LogP contribution in [0.5, 0.6) is 0 Å². The Morgan fingerprint density at radius 3 is 2.75 bits per heavy atom. The molecular formula is C14H16BrN3OS. The maximum Gasteiger partial charge on any atom is 0.257 e. The Kier molecular flexibility index (Phi) is 4.45. The van der Waals surface area contributed by atoms with Crippen LogP contribution < -0.4 is 11.1 Å². The fraction of sp³-hybridized carbons (Fsp3) is 0.286. The quantitative estimate of drug-likeness (QED) is 0.813. The number of hydrogen-bond acceptors (Lipinski definition) is 4.